The van der Waals surface area contributed by atoms with Crippen molar-refractivity contribution in [2.45, 2.75) is 19.4 Å². The van der Waals surface area contributed by atoms with E-state index in [1.165, 1.54) is 6.92 Å². The molecule has 1 fully saturated rings. The third kappa shape index (κ3) is 2.50. The maximum atomic E-state index is 11.3. The first-order valence-electron chi connectivity index (χ1n) is 5.17. The van der Waals surface area contributed by atoms with Crippen molar-refractivity contribution in [3.63, 3.8) is 0 Å². The van der Waals surface area contributed by atoms with Crippen molar-refractivity contribution >= 4 is 17.8 Å². The van der Waals surface area contributed by atoms with E-state index in [2.05, 4.69) is 5.32 Å². The molecule has 0 bridgehead atoms. The zero-order valence-corrected chi connectivity index (χ0v) is 9.23. The Hall–Kier alpha value is -2.17. The van der Waals surface area contributed by atoms with Gasteiger partial charge in [0.05, 0.1) is 0 Å². The lowest BCUT2D eigenvalue weighted by Crippen LogP contribution is -2.25. The Morgan fingerprint density at radius 3 is 2.76 bits per heavy atom. The maximum Gasteiger partial charge on any atom is 0.414 e. The zero-order valence-electron chi connectivity index (χ0n) is 9.23. The number of hydrogen-bond donors (Lipinski definition) is 1. The van der Waals surface area contributed by atoms with Crippen molar-refractivity contribution < 1.29 is 19.1 Å². The monoisotopic (exact) mass is 233 g/mol. The minimum absolute atomic E-state index is 0.0419. The van der Waals surface area contributed by atoms with Crippen molar-refractivity contribution in [1.82, 2.24) is 5.32 Å². The molecule has 0 saturated carbocycles. The van der Waals surface area contributed by atoms with Crippen LogP contribution in [0.2, 0.25) is 0 Å². The van der Waals surface area contributed by atoms with Crippen LogP contribution in [0, 0.1) is 0 Å². The molecule has 1 aliphatic heterocycles. The predicted molar refractivity (Wildman–Crippen MR) is 58.6 cm³/mol. The van der Waals surface area contributed by atoms with Crippen molar-refractivity contribution in [3.05, 3.63) is 35.4 Å². The van der Waals surface area contributed by atoms with E-state index < -0.39 is 18.1 Å². The molecule has 17 heavy (non-hydrogen) atoms. The van der Waals surface area contributed by atoms with E-state index in [9.17, 15) is 14.4 Å². The van der Waals surface area contributed by atoms with Crippen LogP contribution in [0.25, 0.3) is 0 Å². The Bertz CT molecular complexity index is 495. The second-order valence-electron chi connectivity index (χ2n) is 3.84. The van der Waals surface area contributed by atoms with E-state index in [0.29, 0.717) is 5.56 Å². The van der Waals surface area contributed by atoms with Gasteiger partial charge in [-0.15, -0.1) is 0 Å². The number of alkyl carbamates (subject to hydrolysis) is 1. The highest BCUT2D eigenvalue weighted by molar-refractivity contribution is 6.00. The Morgan fingerprint density at radius 1 is 1.41 bits per heavy atom. The van der Waals surface area contributed by atoms with E-state index >= 15 is 0 Å². The molecule has 2 rings (SSSR count). The number of carbonyl (C=O) groups excluding carboxylic acids is 3. The lowest BCUT2D eigenvalue weighted by atomic mass is 10.0. The molecule has 1 heterocycles. The van der Waals surface area contributed by atoms with E-state index in [1.807, 2.05) is 0 Å². The summed E-state index contributed by atoms with van der Waals surface area (Å²) in [5.41, 5.74) is 1.36. The summed E-state index contributed by atoms with van der Waals surface area (Å²) in [6.45, 7) is 1.47. The molecular formula is C12H11NO4. The number of hydrogen-bond acceptors (Lipinski definition) is 4. The topological polar surface area (TPSA) is 72.5 Å². The average Bonchev–Trinajstić information content (AvgIpc) is 2.58. The molecule has 1 aliphatic rings. The van der Waals surface area contributed by atoms with Gasteiger partial charge in [0.25, 0.3) is 5.91 Å². The summed E-state index contributed by atoms with van der Waals surface area (Å²) in [6, 6.07) is 6.92. The van der Waals surface area contributed by atoms with Crippen LogP contribution in [0.3, 0.4) is 0 Å². The molecule has 1 aromatic carbocycles. The third-order valence-electron chi connectivity index (χ3n) is 2.52. The number of rotatable bonds is 3. The number of benzene rings is 1. The average molecular weight is 233 g/mol. The second-order valence-corrected chi connectivity index (χ2v) is 3.84. The third-order valence-corrected chi connectivity index (χ3v) is 2.52. The second kappa shape index (κ2) is 4.37. The molecule has 2 amide bonds. The van der Waals surface area contributed by atoms with Crippen molar-refractivity contribution in [1.29, 1.82) is 0 Å². The van der Waals surface area contributed by atoms with Gasteiger partial charge in [0.15, 0.2) is 11.9 Å². The number of ketones is 1. The van der Waals surface area contributed by atoms with Gasteiger partial charge >= 0.3 is 6.09 Å². The van der Waals surface area contributed by atoms with Crippen LogP contribution >= 0.6 is 0 Å². The normalized spacial score (nSPS) is 18.8. The van der Waals surface area contributed by atoms with E-state index in [1.54, 1.807) is 24.3 Å². The summed E-state index contributed by atoms with van der Waals surface area (Å²) >= 11 is 0. The van der Waals surface area contributed by atoms with Crippen LogP contribution in [0.5, 0.6) is 0 Å². The predicted octanol–water partition coefficient (Wildman–Crippen LogP) is 1.07. The smallest absolute Gasteiger partial charge is 0.414 e. The molecule has 5 nitrogen and oxygen atoms in total. The van der Waals surface area contributed by atoms with E-state index in [-0.39, 0.29) is 12.2 Å². The molecule has 1 aromatic rings. The van der Waals surface area contributed by atoms with E-state index in [4.69, 9.17) is 4.74 Å². The number of amides is 2. The summed E-state index contributed by atoms with van der Waals surface area (Å²) in [6.07, 6.45) is -1.24. The van der Waals surface area contributed by atoms with Gasteiger partial charge in [-0.3, -0.25) is 14.9 Å². The minimum Gasteiger partial charge on any atom is -0.435 e. The van der Waals surface area contributed by atoms with Gasteiger partial charge in [-0.2, -0.15) is 0 Å². The number of cyclic esters (lactones) is 1. The quantitative estimate of drug-likeness (QED) is 0.792. The van der Waals surface area contributed by atoms with Crippen LogP contribution in [0.15, 0.2) is 24.3 Å². The summed E-state index contributed by atoms with van der Waals surface area (Å²) in [4.78, 5) is 33.3. The molecule has 0 aliphatic carbocycles. The van der Waals surface area contributed by atoms with Gasteiger partial charge in [-0.05, 0) is 18.6 Å². The summed E-state index contributed by atoms with van der Waals surface area (Å²) in [7, 11) is 0. The van der Waals surface area contributed by atoms with Gasteiger partial charge < -0.3 is 4.74 Å². The van der Waals surface area contributed by atoms with Gasteiger partial charge in [0, 0.05) is 12.0 Å². The molecular weight excluding hydrogens is 222 g/mol. The summed E-state index contributed by atoms with van der Waals surface area (Å²) in [5, 5.41) is 2.06. The maximum absolute atomic E-state index is 11.3. The van der Waals surface area contributed by atoms with Crippen LogP contribution in [-0.2, 0) is 16.0 Å². The lowest BCUT2D eigenvalue weighted by molar-refractivity contribution is -0.123. The van der Waals surface area contributed by atoms with Gasteiger partial charge in [-0.25, -0.2) is 4.79 Å². The molecule has 88 valence electrons. The van der Waals surface area contributed by atoms with Crippen LogP contribution in [-0.4, -0.2) is 23.9 Å². The number of Topliss-reactive ketones (excluding diaryl/α,β-unsaturated/α-hetero) is 1. The highest BCUT2D eigenvalue weighted by Gasteiger charge is 2.32. The minimum atomic E-state index is -0.801. The fourth-order valence-electron chi connectivity index (χ4n) is 1.66. The number of nitrogens with one attached hydrogen (secondary N) is 1. The standard InChI is InChI=1S/C12H11NO4/c1-7(14)9-4-2-3-8(5-9)6-10-11(15)13-12(16)17-10/h2-5,10H,6H2,1H3,(H,13,15,16). The van der Waals surface area contributed by atoms with E-state index in [0.717, 1.165) is 5.56 Å². The van der Waals surface area contributed by atoms with Gasteiger partial charge in [0.2, 0.25) is 0 Å². The Morgan fingerprint density at radius 2 is 2.18 bits per heavy atom. The van der Waals surface area contributed by atoms with Gasteiger partial charge in [-0.1, -0.05) is 18.2 Å². The van der Waals surface area contributed by atoms with Crippen LogP contribution in [0.1, 0.15) is 22.8 Å². The molecule has 5 heteroatoms. The molecule has 0 aromatic heterocycles. The zero-order chi connectivity index (χ0) is 12.4. The van der Waals surface area contributed by atoms with Crippen LogP contribution < -0.4 is 5.32 Å². The Labute approximate surface area is 97.8 Å². The van der Waals surface area contributed by atoms with Crippen molar-refractivity contribution in [2.24, 2.45) is 0 Å². The number of carbonyl (C=O) groups is 3. The molecule has 1 saturated heterocycles. The SMILES string of the molecule is CC(=O)c1cccc(CC2OC(=O)NC2=O)c1. The number of imide groups is 1. The first-order chi connectivity index (χ1) is 8.06. The molecule has 0 radical (unpaired) electrons. The first-order valence-corrected chi connectivity index (χ1v) is 5.17. The highest BCUT2D eigenvalue weighted by atomic mass is 16.6. The fraction of sp³-hybridized carbons (Fsp3) is 0.250. The molecule has 1 unspecified atom stereocenters. The lowest BCUT2D eigenvalue weighted by Gasteiger charge is -2.07. The summed E-state index contributed by atoms with van der Waals surface area (Å²) < 4.78 is 4.79. The molecule has 0 spiro atoms. The van der Waals surface area contributed by atoms with Crippen LogP contribution in [0.4, 0.5) is 4.79 Å². The van der Waals surface area contributed by atoms with Gasteiger partial charge in [0.1, 0.15) is 0 Å². The fourth-order valence-corrected chi connectivity index (χ4v) is 1.66. The Kier molecular flexibility index (Phi) is 2.91. The molecule has 1 N–H and O–H groups in total. The van der Waals surface area contributed by atoms with Crippen molar-refractivity contribution in [3.8, 4) is 0 Å². The number of ether oxygens (including phenoxy) is 1. The summed E-state index contributed by atoms with van der Waals surface area (Å²) in [5.74, 6) is -0.483. The highest BCUT2D eigenvalue weighted by Crippen LogP contribution is 2.13. The largest absolute Gasteiger partial charge is 0.435 e. The molecule has 1 atom stereocenters. The first kappa shape index (κ1) is 11.3. The van der Waals surface area contributed by atoms with Crippen molar-refractivity contribution in [2.75, 3.05) is 0 Å². The Balaban J connectivity index is 2.13.